The monoisotopic (exact) mass is 381 g/mol. The van der Waals surface area contributed by atoms with E-state index in [4.69, 9.17) is 0 Å². The average molecular weight is 381 g/mol. The zero-order valence-corrected chi connectivity index (χ0v) is 14.3. The zero-order chi connectivity index (χ0) is 20.0. The Balaban J connectivity index is 2.13. The highest BCUT2D eigenvalue weighted by Crippen LogP contribution is 2.24. The molecule has 9 heteroatoms. The van der Waals surface area contributed by atoms with Gasteiger partial charge < -0.3 is 10.4 Å². The number of hydrogen-bond acceptors (Lipinski definition) is 5. The number of aliphatic hydroxyl groups is 1. The molecule has 0 aliphatic carbocycles. The first-order valence-electron chi connectivity index (χ1n) is 8.08. The fraction of sp³-hybridized carbons (Fsp3) is 0.333. The van der Waals surface area contributed by atoms with Crippen LogP contribution in [-0.4, -0.2) is 35.1 Å². The molecule has 0 aliphatic heterocycles. The summed E-state index contributed by atoms with van der Waals surface area (Å²) in [4.78, 5) is 25.7. The van der Waals surface area contributed by atoms with Crippen molar-refractivity contribution in [1.82, 2.24) is 10.3 Å². The Morgan fingerprint density at radius 1 is 1.19 bits per heavy atom. The van der Waals surface area contributed by atoms with Gasteiger partial charge in [-0.25, -0.2) is 4.39 Å². The van der Waals surface area contributed by atoms with Crippen molar-refractivity contribution in [2.75, 3.05) is 6.67 Å². The maximum atomic E-state index is 13.0. The number of carbonyl (C=O) groups is 1. The smallest absolute Gasteiger partial charge is 0.315 e. The van der Waals surface area contributed by atoms with Crippen LogP contribution in [0.1, 0.15) is 30.3 Å². The number of nitrogens with one attached hydrogen (secondary N) is 1. The number of nitroso groups, excluding NO2 is 1. The van der Waals surface area contributed by atoms with Crippen LogP contribution in [0.2, 0.25) is 0 Å². The molecule has 1 heterocycles. The summed E-state index contributed by atoms with van der Waals surface area (Å²) in [5.74, 6) is -1.64. The summed E-state index contributed by atoms with van der Waals surface area (Å²) in [6.45, 7) is 0.426. The van der Waals surface area contributed by atoms with Gasteiger partial charge in [0.1, 0.15) is 18.8 Å². The Labute approximate surface area is 153 Å². The number of rotatable bonds is 8. The molecule has 0 aliphatic rings. The van der Waals surface area contributed by atoms with Crippen LogP contribution < -0.4 is 5.32 Å². The number of aromatic nitrogens is 1. The van der Waals surface area contributed by atoms with Gasteiger partial charge in [-0.15, -0.1) is 0 Å². The molecule has 0 radical (unpaired) electrons. The molecule has 0 saturated carbocycles. The third-order valence-electron chi connectivity index (χ3n) is 4.03. The van der Waals surface area contributed by atoms with Gasteiger partial charge in [0.15, 0.2) is 0 Å². The number of pyridine rings is 1. The van der Waals surface area contributed by atoms with E-state index in [9.17, 15) is 28.0 Å². The number of amides is 1. The van der Waals surface area contributed by atoms with Crippen LogP contribution in [-0.2, 0) is 4.79 Å². The van der Waals surface area contributed by atoms with Crippen molar-refractivity contribution in [3.8, 4) is 11.1 Å². The van der Waals surface area contributed by atoms with Gasteiger partial charge in [-0.05, 0) is 24.1 Å². The van der Waals surface area contributed by atoms with Gasteiger partial charge >= 0.3 is 6.43 Å². The van der Waals surface area contributed by atoms with Crippen molar-refractivity contribution in [2.45, 2.75) is 31.5 Å². The van der Waals surface area contributed by atoms with Crippen molar-refractivity contribution in [1.29, 1.82) is 0 Å². The molecule has 27 heavy (non-hydrogen) atoms. The van der Waals surface area contributed by atoms with Crippen LogP contribution >= 0.6 is 0 Å². The van der Waals surface area contributed by atoms with Crippen LogP contribution in [0, 0.1) is 4.91 Å². The minimum atomic E-state index is -3.29. The van der Waals surface area contributed by atoms with Gasteiger partial charge in [0.2, 0.25) is 0 Å². The van der Waals surface area contributed by atoms with Gasteiger partial charge in [0, 0.05) is 11.8 Å². The summed E-state index contributed by atoms with van der Waals surface area (Å²) in [6.07, 6.45) is -3.21. The molecule has 1 amide bonds. The van der Waals surface area contributed by atoms with E-state index in [1.54, 1.807) is 42.7 Å². The van der Waals surface area contributed by atoms with Crippen LogP contribution in [0.5, 0.6) is 0 Å². The van der Waals surface area contributed by atoms with Gasteiger partial charge in [0.05, 0.1) is 11.7 Å². The molecule has 0 fully saturated rings. The van der Waals surface area contributed by atoms with Gasteiger partial charge in [-0.3, -0.25) is 9.78 Å². The van der Waals surface area contributed by atoms with Gasteiger partial charge in [0.25, 0.3) is 5.91 Å². The molecule has 1 aromatic carbocycles. The molecule has 144 valence electrons. The second-order valence-corrected chi connectivity index (χ2v) is 5.89. The molecule has 0 saturated heterocycles. The minimum absolute atomic E-state index is 0.263. The second kappa shape index (κ2) is 9.22. The van der Waals surface area contributed by atoms with Crippen LogP contribution in [0.25, 0.3) is 11.1 Å². The molecule has 2 aromatic rings. The van der Waals surface area contributed by atoms with Gasteiger partial charge in [-0.1, -0.05) is 35.5 Å². The molecule has 0 bridgehead atoms. The van der Waals surface area contributed by atoms with Crippen LogP contribution in [0.15, 0.2) is 47.8 Å². The van der Waals surface area contributed by atoms with Crippen molar-refractivity contribution in [3.05, 3.63) is 58.8 Å². The van der Waals surface area contributed by atoms with E-state index in [1.807, 2.05) is 0 Å². The summed E-state index contributed by atoms with van der Waals surface area (Å²) < 4.78 is 37.6. The lowest BCUT2D eigenvalue weighted by Gasteiger charge is -2.22. The van der Waals surface area contributed by atoms with E-state index in [0.717, 1.165) is 11.1 Å². The number of benzene rings is 1. The highest BCUT2D eigenvalue weighted by atomic mass is 19.3. The molecule has 6 nitrogen and oxygen atoms in total. The van der Waals surface area contributed by atoms with E-state index >= 15 is 0 Å². The summed E-state index contributed by atoms with van der Waals surface area (Å²) >= 11 is 0. The number of halogens is 3. The minimum Gasteiger partial charge on any atom is -0.386 e. The lowest BCUT2D eigenvalue weighted by atomic mass is 9.99. The van der Waals surface area contributed by atoms with Gasteiger partial charge in [-0.2, -0.15) is 13.7 Å². The normalized spacial score (nSPS) is 14.4. The van der Waals surface area contributed by atoms with E-state index in [2.05, 4.69) is 10.2 Å². The summed E-state index contributed by atoms with van der Waals surface area (Å²) in [5, 5.41) is 14.8. The Morgan fingerprint density at radius 3 is 2.30 bits per heavy atom. The fourth-order valence-electron chi connectivity index (χ4n) is 2.43. The Hall–Kier alpha value is -2.81. The molecular formula is C18H18F3N3O3. The fourth-order valence-corrected chi connectivity index (χ4v) is 2.43. The second-order valence-electron chi connectivity index (χ2n) is 5.89. The summed E-state index contributed by atoms with van der Waals surface area (Å²) in [7, 11) is 0. The molecule has 2 rings (SSSR count). The lowest BCUT2D eigenvalue weighted by molar-refractivity contribution is -0.133. The van der Waals surface area contributed by atoms with Crippen molar-refractivity contribution in [3.63, 3.8) is 0 Å². The lowest BCUT2D eigenvalue weighted by Crippen LogP contribution is -2.43. The maximum Gasteiger partial charge on any atom is 0.315 e. The van der Waals surface area contributed by atoms with Crippen molar-refractivity contribution >= 4 is 5.91 Å². The first kappa shape index (κ1) is 20.5. The predicted molar refractivity (Wildman–Crippen MR) is 92.8 cm³/mol. The summed E-state index contributed by atoms with van der Waals surface area (Å²) in [6, 6.07) is 7.67. The molecule has 2 N–H and O–H groups in total. The number of aliphatic hydroxyl groups excluding tert-OH is 1. The first-order valence-corrected chi connectivity index (χ1v) is 8.08. The molecule has 0 spiro atoms. The van der Waals surface area contributed by atoms with Crippen LogP contribution in [0.4, 0.5) is 13.2 Å². The number of alkyl halides is 3. The number of carbonyl (C=O) groups excluding carboxylic acids is 1. The SMILES string of the molecule is CC(N=O)c1ccc(-c2ccc([C@@H](O)[C@@H](CF)NC(=O)C(F)F)cc2)cn1. The topological polar surface area (TPSA) is 91.6 Å². The highest BCUT2D eigenvalue weighted by molar-refractivity contribution is 5.79. The maximum absolute atomic E-state index is 13.0. The van der Waals surface area contributed by atoms with E-state index in [1.165, 1.54) is 12.1 Å². The number of nitrogens with zero attached hydrogens (tertiary/aromatic N) is 2. The van der Waals surface area contributed by atoms with E-state index in [0.29, 0.717) is 5.69 Å². The Kier molecular flexibility index (Phi) is 7.00. The van der Waals surface area contributed by atoms with Crippen molar-refractivity contribution in [2.24, 2.45) is 5.18 Å². The standard InChI is InChI=1S/C18H18F3N3O3/c1-10(24-27)14-7-6-13(9-22-14)11-2-4-12(5-3-11)16(25)15(8-19)23-18(26)17(20)21/h2-7,9-10,15-17,25H,8H2,1H3,(H,23,26)/t10?,15-,16-/m1/s1. The molecule has 1 unspecified atom stereocenters. The average Bonchev–Trinajstić information content (AvgIpc) is 2.70. The van der Waals surface area contributed by atoms with Crippen molar-refractivity contribution < 1.29 is 23.1 Å². The van der Waals surface area contributed by atoms with Crippen LogP contribution in [0.3, 0.4) is 0 Å². The molecule has 3 atom stereocenters. The molecule has 1 aromatic heterocycles. The quantitative estimate of drug-likeness (QED) is 0.686. The Bertz CT molecular complexity index is 770. The third kappa shape index (κ3) is 5.10. The van der Waals surface area contributed by atoms with E-state index < -0.39 is 37.2 Å². The Morgan fingerprint density at radius 2 is 1.81 bits per heavy atom. The number of hydrogen-bond donors (Lipinski definition) is 2. The first-order chi connectivity index (χ1) is 12.9. The van der Waals surface area contributed by atoms with E-state index in [-0.39, 0.29) is 5.56 Å². The summed E-state index contributed by atoms with van der Waals surface area (Å²) in [5.41, 5.74) is 2.27. The highest BCUT2D eigenvalue weighted by Gasteiger charge is 2.26. The largest absolute Gasteiger partial charge is 0.386 e. The third-order valence-corrected chi connectivity index (χ3v) is 4.03. The predicted octanol–water partition coefficient (Wildman–Crippen LogP) is 3.33. The molecular weight excluding hydrogens is 363 g/mol. The zero-order valence-electron chi connectivity index (χ0n) is 14.3.